The summed E-state index contributed by atoms with van der Waals surface area (Å²) in [6, 6.07) is 3.61. The Labute approximate surface area is 137 Å². The van der Waals surface area contributed by atoms with E-state index in [1.54, 1.807) is 6.07 Å². The minimum absolute atomic E-state index is 0.0332. The number of thiazole rings is 1. The third kappa shape index (κ3) is 5.23. The van der Waals surface area contributed by atoms with Gasteiger partial charge in [-0.25, -0.2) is 4.98 Å². The molecule has 0 aliphatic heterocycles. The molecule has 0 aliphatic carbocycles. The number of carbonyl (C=O) groups excluding carboxylic acids is 2. The maximum atomic E-state index is 11.9. The lowest BCUT2D eigenvalue weighted by molar-refractivity contribution is -0.121. The highest BCUT2D eigenvalue weighted by molar-refractivity contribution is 7.14. The van der Waals surface area contributed by atoms with Gasteiger partial charge in [0.15, 0.2) is 5.13 Å². The van der Waals surface area contributed by atoms with Crippen LogP contribution >= 0.6 is 22.7 Å². The summed E-state index contributed by atoms with van der Waals surface area (Å²) in [6.45, 7) is 4.81. The van der Waals surface area contributed by atoms with Crippen molar-refractivity contribution in [2.24, 2.45) is 5.92 Å². The van der Waals surface area contributed by atoms with Crippen molar-refractivity contribution in [3.05, 3.63) is 33.5 Å². The largest absolute Gasteiger partial charge is 0.356 e. The first-order chi connectivity index (χ1) is 10.5. The van der Waals surface area contributed by atoms with E-state index in [-0.39, 0.29) is 11.8 Å². The summed E-state index contributed by atoms with van der Waals surface area (Å²) < 4.78 is 0. The Morgan fingerprint density at radius 2 is 2.14 bits per heavy atom. The van der Waals surface area contributed by atoms with Gasteiger partial charge < -0.3 is 5.32 Å². The topological polar surface area (TPSA) is 71.1 Å². The maximum absolute atomic E-state index is 11.9. The van der Waals surface area contributed by atoms with Gasteiger partial charge in [-0.3, -0.25) is 14.9 Å². The van der Waals surface area contributed by atoms with E-state index in [4.69, 9.17) is 0 Å². The second-order valence-corrected chi connectivity index (χ2v) is 7.08. The number of nitrogens with one attached hydrogen (secondary N) is 2. The van der Waals surface area contributed by atoms with Gasteiger partial charge >= 0.3 is 0 Å². The number of nitrogens with zero attached hydrogens (tertiary/aromatic N) is 1. The second-order valence-electron chi connectivity index (χ2n) is 5.27. The van der Waals surface area contributed by atoms with Crippen molar-refractivity contribution >= 4 is 39.6 Å². The summed E-state index contributed by atoms with van der Waals surface area (Å²) in [5.41, 5.74) is 0.825. The number of thiophene rings is 1. The smallest absolute Gasteiger partial charge is 0.267 e. The van der Waals surface area contributed by atoms with Crippen LogP contribution in [0.5, 0.6) is 0 Å². The summed E-state index contributed by atoms with van der Waals surface area (Å²) in [5, 5.41) is 9.95. The summed E-state index contributed by atoms with van der Waals surface area (Å²) in [5.74, 6) is 0.332. The summed E-state index contributed by atoms with van der Waals surface area (Å²) in [7, 11) is 0. The molecule has 0 spiro atoms. The zero-order chi connectivity index (χ0) is 15.9. The van der Waals surface area contributed by atoms with Crippen molar-refractivity contribution in [3.63, 3.8) is 0 Å². The normalized spacial score (nSPS) is 10.7. The van der Waals surface area contributed by atoms with Crippen LogP contribution in [0.25, 0.3) is 0 Å². The Kier molecular flexibility index (Phi) is 6.09. The van der Waals surface area contributed by atoms with E-state index in [2.05, 4.69) is 29.5 Å². The molecule has 0 unspecified atom stereocenters. The Bertz CT molecular complexity index is 621. The predicted octanol–water partition coefficient (Wildman–Crippen LogP) is 3.16. The van der Waals surface area contributed by atoms with Gasteiger partial charge in [-0.15, -0.1) is 22.7 Å². The van der Waals surface area contributed by atoms with Crippen molar-refractivity contribution < 1.29 is 9.59 Å². The number of carbonyl (C=O) groups is 2. The molecule has 5 nitrogen and oxygen atoms in total. The zero-order valence-corrected chi connectivity index (χ0v) is 14.2. The van der Waals surface area contributed by atoms with Gasteiger partial charge in [-0.2, -0.15) is 0 Å². The van der Waals surface area contributed by atoms with Crippen LogP contribution in [-0.2, 0) is 11.2 Å². The van der Waals surface area contributed by atoms with Crippen molar-refractivity contribution in [2.45, 2.75) is 26.7 Å². The summed E-state index contributed by atoms with van der Waals surface area (Å²) in [4.78, 5) is 28.6. The van der Waals surface area contributed by atoms with E-state index in [0.29, 0.717) is 35.3 Å². The van der Waals surface area contributed by atoms with Gasteiger partial charge in [-0.05, 0) is 23.8 Å². The number of hydrogen-bond acceptors (Lipinski definition) is 5. The SMILES string of the molecule is CC(C)CNC(=O)CCc1csc(NC(=O)c2cccs2)n1. The van der Waals surface area contributed by atoms with Crippen LogP contribution in [-0.4, -0.2) is 23.3 Å². The number of amides is 2. The van der Waals surface area contributed by atoms with Gasteiger partial charge in [0.05, 0.1) is 10.6 Å². The highest BCUT2D eigenvalue weighted by atomic mass is 32.1. The van der Waals surface area contributed by atoms with Crippen LogP contribution in [0.4, 0.5) is 5.13 Å². The molecular weight excluding hydrogens is 318 g/mol. The molecule has 2 aromatic rings. The molecule has 0 aliphatic rings. The lowest BCUT2D eigenvalue weighted by Crippen LogP contribution is -2.27. The van der Waals surface area contributed by atoms with E-state index >= 15 is 0 Å². The number of aromatic nitrogens is 1. The monoisotopic (exact) mass is 337 g/mol. The molecule has 0 atom stereocenters. The number of rotatable bonds is 7. The predicted molar refractivity (Wildman–Crippen MR) is 90.6 cm³/mol. The van der Waals surface area contributed by atoms with Gasteiger partial charge in [0.2, 0.25) is 5.91 Å². The summed E-state index contributed by atoms with van der Waals surface area (Å²) in [6.07, 6.45) is 0.990. The standard InChI is InChI=1S/C15H19N3O2S2/c1-10(2)8-16-13(19)6-5-11-9-22-15(17-11)18-14(20)12-4-3-7-21-12/h3-4,7,9-10H,5-6,8H2,1-2H3,(H,16,19)(H,17,18,20). The first-order valence-corrected chi connectivity index (χ1v) is 8.86. The molecular formula is C15H19N3O2S2. The first kappa shape index (κ1) is 16.6. The third-order valence-corrected chi connectivity index (χ3v) is 4.51. The molecule has 0 saturated carbocycles. The molecule has 0 saturated heterocycles. The Morgan fingerprint density at radius 3 is 2.82 bits per heavy atom. The highest BCUT2D eigenvalue weighted by Gasteiger charge is 2.10. The highest BCUT2D eigenvalue weighted by Crippen LogP contribution is 2.18. The minimum Gasteiger partial charge on any atom is -0.356 e. The molecule has 118 valence electrons. The molecule has 0 bridgehead atoms. The quantitative estimate of drug-likeness (QED) is 0.815. The van der Waals surface area contributed by atoms with E-state index in [0.717, 1.165) is 5.69 Å². The lowest BCUT2D eigenvalue weighted by Gasteiger charge is -2.06. The second kappa shape index (κ2) is 8.05. The van der Waals surface area contributed by atoms with Crippen LogP contribution in [0.3, 0.4) is 0 Å². The molecule has 2 aromatic heterocycles. The van der Waals surface area contributed by atoms with Gasteiger partial charge in [0.1, 0.15) is 0 Å². The third-order valence-electron chi connectivity index (χ3n) is 2.83. The molecule has 0 aromatic carbocycles. The minimum atomic E-state index is -0.148. The molecule has 2 amide bonds. The van der Waals surface area contributed by atoms with Gasteiger partial charge in [0.25, 0.3) is 5.91 Å². The first-order valence-electron chi connectivity index (χ1n) is 7.10. The molecule has 2 rings (SSSR count). The van der Waals surface area contributed by atoms with Crippen molar-refractivity contribution in [1.29, 1.82) is 0 Å². The van der Waals surface area contributed by atoms with Crippen molar-refractivity contribution in [3.8, 4) is 0 Å². The molecule has 7 heteroatoms. The van der Waals surface area contributed by atoms with E-state index in [1.165, 1.54) is 22.7 Å². The fourth-order valence-corrected chi connectivity index (χ4v) is 3.05. The molecule has 0 radical (unpaired) electrons. The van der Waals surface area contributed by atoms with Crippen molar-refractivity contribution in [1.82, 2.24) is 10.3 Å². The van der Waals surface area contributed by atoms with Gasteiger partial charge in [-0.1, -0.05) is 19.9 Å². The number of aryl methyl sites for hydroxylation is 1. The van der Waals surface area contributed by atoms with E-state index in [1.807, 2.05) is 16.8 Å². The van der Waals surface area contributed by atoms with Crippen LogP contribution in [0.15, 0.2) is 22.9 Å². The van der Waals surface area contributed by atoms with E-state index in [9.17, 15) is 9.59 Å². The number of anilines is 1. The average molecular weight is 337 g/mol. The molecule has 2 N–H and O–H groups in total. The number of hydrogen-bond donors (Lipinski definition) is 2. The molecule has 0 fully saturated rings. The van der Waals surface area contributed by atoms with Crippen molar-refractivity contribution in [2.75, 3.05) is 11.9 Å². The average Bonchev–Trinajstić information content (AvgIpc) is 3.14. The molecule has 2 heterocycles. The van der Waals surface area contributed by atoms with Crippen LogP contribution in [0.1, 0.15) is 35.6 Å². The Balaban J connectivity index is 1.79. The Morgan fingerprint density at radius 1 is 1.32 bits per heavy atom. The fourth-order valence-electron chi connectivity index (χ4n) is 1.69. The van der Waals surface area contributed by atoms with Crippen LogP contribution < -0.4 is 10.6 Å². The fraction of sp³-hybridized carbons (Fsp3) is 0.400. The van der Waals surface area contributed by atoms with Crippen LogP contribution in [0, 0.1) is 5.92 Å². The van der Waals surface area contributed by atoms with E-state index < -0.39 is 0 Å². The lowest BCUT2D eigenvalue weighted by atomic mass is 10.2. The zero-order valence-electron chi connectivity index (χ0n) is 12.6. The Hall–Kier alpha value is -1.73. The molecule has 22 heavy (non-hydrogen) atoms. The maximum Gasteiger partial charge on any atom is 0.267 e. The van der Waals surface area contributed by atoms with Crippen LogP contribution in [0.2, 0.25) is 0 Å². The summed E-state index contributed by atoms with van der Waals surface area (Å²) >= 11 is 2.77. The van der Waals surface area contributed by atoms with Gasteiger partial charge in [0, 0.05) is 18.3 Å².